The highest BCUT2D eigenvalue weighted by atomic mass is 32.2. The Morgan fingerprint density at radius 2 is 1.39 bits per heavy atom. The van der Waals surface area contributed by atoms with Crippen LogP contribution in [0.3, 0.4) is 0 Å². The Balaban J connectivity index is 3.24. The smallest absolute Gasteiger partial charge is 0.434 e. The Morgan fingerprint density at radius 1 is 0.893 bits per heavy atom. The monoisotopic (exact) mass is 414 g/mol. The molecule has 0 saturated carbocycles. The third-order valence-corrected chi connectivity index (χ3v) is 3.53. The number of aliphatic imine (C=N–C) groups is 1. The van der Waals surface area contributed by atoms with Gasteiger partial charge in [-0.3, -0.25) is 4.90 Å². The van der Waals surface area contributed by atoms with E-state index in [1.54, 1.807) is 67.7 Å². The predicted molar refractivity (Wildman–Crippen MR) is 108 cm³/mol. The Hall–Kier alpha value is -2.03. The van der Waals surface area contributed by atoms with Crippen LogP contribution in [0.5, 0.6) is 0 Å². The van der Waals surface area contributed by atoms with E-state index in [0.29, 0.717) is 0 Å². The van der Waals surface area contributed by atoms with Crippen LogP contribution in [0.4, 0.5) is 9.59 Å². The molecule has 0 aliphatic carbocycles. The van der Waals surface area contributed by atoms with Crippen molar-refractivity contribution in [2.75, 3.05) is 5.88 Å². The molecule has 0 atom stereocenters. The molecule has 1 rings (SSSR count). The molecule has 8 nitrogen and oxygen atoms in total. The second-order valence-electron chi connectivity index (χ2n) is 9.15. The molecule has 0 unspecified atom stereocenters. The molecule has 0 spiro atoms. The Kier molecular flexibility index (Phi) is 7.33. The van der Waals surface area contributed by atoms with Gasteiger partial charge in [-0.1, -0.05) is 0 Å². The van der Waals surface area contributed by atoms with E-state index >= 15 is 0 Å². The molecule has 0 aromatic rings. The van der Waals surface area contributed by atoms with Crippen molar-refractivity contribution < 1.29 is 28.6 Å². The average molecular weight is 415 g/mol. The van der Waals surface area contributed by atoms with Crippen molar-refractivity contribution in [2.24, 2.45) is 4.99 Å². The van der Waals surface area contributed by atoms with Crippen molar-refractivity contribution in [3.05, 3.63) is 11.1 Å². The molecule has 0 fully saturated rings. The minimum atomic E-state index is -0.949. The lowest BCUT2D eigenvalue weighted by atomic mass is 10.2. The van der Waals surface area contributed by atoms with Crippen LogP contribution < -0.4 is 0 Å². The van der Waals surface area contributed by atoms with Gasteiger partial charge in [0.15, 0.2) is 5.71 Å². The zero-order valence-corrected chi connectivity index (χ0v) is 18.9. The van der Waals surface area contributed by atoms with Gasteiger partial charge in [0.05, 0.1) is 11.6 Å². The lowest BCUT2D eigenvalue weighted by Crippen LogP contribution is -2.40. The van der Waals surface area contributed by atoms with E-state index in [-0.39, 0.29) is 17.3 Å². The molecule has 158 valence electrons. The molecule has 28 heavy (non-hydrogen) atoms. The van der Waals surface area contributed by atoms with Crippen LogP contribution in [-0.2, 0) is 19.0 Å². The van der Waals surface area contributed by atoms with Crippen molar-refractivity contribution in [3.63, 3.8) is 0 Å². The SMILES string of the molecule is CC(C)(C)OC(=O)N=C(C(=O)OC(C)(C)C)C1=CSCN1C(=O)OC(C)(C)C. The van der Waals surface area contributed by atoms with E-state index in [1.807, 2.05) is 0 Å². The van der Waals surface area contributed by atoms with Crippen LogP contribution >= 0.6 is 11.8 Å². The molecule has 0 aromatic heterocycles. The van der Waals surface area contributed by atoms with Gasteiger partial charge in [0.2, 0.25) is 0 Å². The van der Waals surface area contributed by atoms with Gasteiger partial charge in [0.25, 0.3) is 0 Å². The number of carbonyl (C=O) groups excluding carboxylic acids is 3. The number of thioether (sulfide) groups is 1. The number of amides is 2. The van der Waals surface area contributed by atoms with Crippen molar-refractivity contribution >= 4 is 35.6 Å². The van der Waals surface area contributed by atoms with E-state index < -0.39 is 35.0 Å². The fourth-order valence-corrected chi connectivity index (χ4v) is 2.75. The fraction of sp³-hybridized carbons (Fsp3) is 0.684. The molecular formula is C19H30N2O6S. The van der Waals surface area contributed by atoms with Gasteiger partial charge in [-0.15, -0.1) is 11.8 Å². The zero-order chi connectivity index (χ0) is 21.9. The van der Waals surface area contributed by atoms with Crippen molar-refractivity contribution in [1.29, 1.82) is 0 Å². The summed E-state index contributed by atoms with van der Waals surface area (Å²) < 4.78 is 15.9. The van der Waals surface area contributed by atoms with Crippen molar-refractivity contribution in [3.8, 4) is 0 Å². The number of hydrogen-bond acceptors (Lipinski definition) is 7. The third-order valence-electron chi connectivity index (χ3n) is 2.73. The Morgan fingerprint density at radius 3 is 1.86 bits per heavy atom. The molecule has 0 aromatic carbocycles. The maximum absolute atomic E-state index is 12.7. The van der Waals surface area contributed by atoms with Crippen LogP contribution in [-0.4, -0.2) is 51.4 Å². The fourth-order valence-electron chi connectivity index (χ4n) is 1.89. The summed E-state index contributed by atoms with van der Waals surface area (Å²) in [6, 6.07) is 0. The lowest BCUT2D eigenvalue weighted by Gasteiger charge is -2.26. The first-order chi connectivity index (χ1) is 12.5. The van der Waals surface area contributed by atoms with Crippen LogP contribution in [0.2, 0.25) is 0 Å². The second kappa shape index (κ2) is 8.55. The number of ether oxygens (including phenoxy) is 3. The second-order valence-corrected chi connectivity index (χ2v) is 9.98. The highest BCUT2D eigenvalue weighted by molar-refractivity contribution is 8.02. The molecule has 0 radical (unpaired) electrons. The molecule has 1 heterocycles. The number of rotatable bonds is 2. The minimum absolute atomic E-state index is 0.138. The highest BCUT2D eigenvalue weighted by Gasteiger charge is 2.35. The van der Waals surface area contributed by atoms with E-state index in [1.165, 1.54) is 16.7 Å². The first kappa shape index (κ1) is 24.0. The number of nitrogens with zero attached hydrogens (tertiary/aromatic N) is 2. The van der Waals surface area contributed by atoms with E-state index in [4.69, 9.17) is 14.2 Å². The third kappa shape index (κ3) is 8.33. The zero-order valence-electron chi connectivity index (χ0n) is 18.0. The molecule has 9 heteroatoms. The first-order valence-electron chi connectivity index (χ1n) is 8.86. The number of hydrogen-bond donors (Lipinski definition) is 0. The first-order valence-corrected chi connectivity index (χ1v) is 9.91. The van der Waals surface area contributed by atoms with Crippen molar-refractivity contribution in [2.45, 2.75) is 79.1 Å². The van der Waals surface area contributed by atoms with Gasteiger partial charge in [0.1, 0.15) is 16.8 Å². The number of carbonyl (C=O) groups is 3. The summed E-state index contributed by atoms with van der Waals surface area (Å²) in [4.78, 5) is 42.5. The molecule has 0 bridgehead atoms. The summed E-state index contributed by atoms with van der Waals surface area (Å²) in [5.41, 5.74) is -2.48. The Labute approximate surface area is 170 Å². The summed E-state index contributed by atoms with van der Waals surface area (Å²) in [6.07, 6.45) is -1.60. The molecule has 1 aliphatic heterocycles. The molecular weight excluding hydrogens is 384 g/mol. The normalized spacial score (nSPS) is 15.8. The molecule has 0 saturated heterocycles. The summed E-state index contributed by atoms with van der Waals surface area (Å²) in [7, 11) is 0. The van der Waals surface area contributed by atoms with Crippen molar-refractivity contribution in [1.82, 2.24) is 4.90 Å². The number of esters is 1. The average Bonchev–Trinajstić information content (AvgIpc) is 2.87. The standard InChI is InChI=1S/C19H30N2O6S/c1-17(2,3)25-14(22)13(20-15(23)26-18(4,5)6)12-10-28-11-21(12)16(24)27-19(7,8)9/h10H,11H2,1-9H3. The minimum Gasteiger partial charge on any atom is -0.455 e. The van der Waals surface area contributed by atoms with E-state index in [9.17, 15) is 14.4 Å². The highest BCUT2D eigenvalue weighted by Crippen LogP contribution is 2.28. The van der Waals surface area contributed by atoms with Gasteiger partial charge in [-0.2, -0.15) is 4.99 Å². The van der Waals surface area contributed by atoms with Gasteiger partial charge < -0.3 is 14.2 Å². The van der Waals surface area contributed by atoms with Gasteiger partial charge in [-0.05, 0) is 67.7 Å². The van der Waals surface area contributed by atoms with E-state index in [0.717, 1.165) is 0 Å². The summed E-state index contributed by atoms with van der Waals surface area (Å²) in [6.45, 7) is 15.4. The lowest BCUT2D eigenvalue weighted by molar-refractivity contribution is -0.146. The molecule has 2 amide bonds. The maximum Gasteiger partial charge on any atom is 0.434 e. The summed E-state index contributed by atoms with van der Waals surface area (Å²) in [5, 5.41) is 1.57. The molecule has 1 aliphatic rings. The van der Waals surface area contributed by atoms with Crippen LogP contribution in [0.1, 0.15) is 62.3 Å². The molecule has 0 N–H and O–H groups in total. The Bertz CT molecular complexity index is 693. The van der Waals surface area contributed by atoms with Crippen LogP contribution in [0.25, 0.3) is 0 Å². The predicted octanol–water partition coefficient (Wildman–Crippen LogP) is 4.49. The van der Waals surface area contributed by atoms with Gasteiger partial charge in [0, 0.05) is 0 Å². The van der Waals surface area contributed by atoms with E-state index in [2.05, 4.69) is 4.99 Å². The summed E-state index contributed by atoms with van der Waals surface area (Å²) in [5.74, 6) is -0.610. The quantitative estimate of drug-likeness (QED) is 0.373. The largest absolute Gasteiger partial charge is 0.455 e. The maximum atomic E-state index is 12.7. The topological polar surface area (TPSA) is 94.5 Å². The van der Waals surface area contributed by atoms with Crippen LogP contribution in [0, 0.1) is 0 Å². The van der Waals surface area contributed by atoms with Gasteiger partial charge in [-0.25, -0.2) is 14.4 Å². The van der Waals surface area contributed by atoms with Gasteiger partial charge >= 0.3 is 18.2 Å². The summed E-state index contributed by atoms with van der Waals surface area (Å²) >= 11 is 1.27. The van der Waals surface area contributed by atoms with Crippen LogP contribution in [0.15, 0.2) is 16.1 Å².